The maximum Gasteiger partial charge on any atom is 0.223 e. The lowest BCUT2D eigenvalue weighted by molar-refractivity contribution is -0.126. The van der Waals surface area contributed by atoms with Crippen molar-refractivity contribution in [2.24, 2.45) is 17.6 Å². The van der Waals surface area contributed by atoms with Crippen LogP contribution in [-0.4, -0.2) is 30.0 Å². The van der Waals surface area contributed by atoms with E-state index >= 15 is 0 Å². The predicted octanol–water partition coefficient (Wildman–Crippen LogP) is 1.76. The van der Waals surface area contributed by atoms with Crippen molar-refractivity contribution in [3.8, 4) is 0 Å². The molecule has 0 spiro atoms. The molecule has 3 nitrogen and oxygen atoms in total. The number of carbonyl (C=O) groups excluding carboxylic acids is 1. The third kappa shape index (κ3) is 3.88. The Labute approximate surface area is 108 Å². The van der Waals surface area contributed by atoms with Crippen LogP contribution >= 0.6 is 11.8 Å². The van der Waals surface area contributed by atoms with Crippen LogP contribution in [0, 0.1) is 11.8 Å². The van der Waals surface area contributed by atoms with Gasteiger partial charge in [0.25, 0.3) is 0 Å². The second-order valence-electron chi connectivity index (χ2n) is 5.33. The maximum absolute atomic E-state index is 12.0. The molecule has 1 aliphatic carbocycles. The Bertz CT molecular complexity index is 246. The van der Waals surface area contributed by atoms with Crippen LogP contribution in [-0.2, 0) is 4.79 Å². The number of nitrogens with two attached hydrogens (primary N) is 1. The number of hydrogen-bond donors (Lipinski definition) is 2. The lowest BCUT2D eigenvalue weighted by Gasteiger charge is -2.27. The minimum atomic E-state index is 0.254. The number of amides is 1. The largest absolute Gasteiger partial charge is 0.355 e. The number of carbonyl (C=O) groups is 1. The fourth-order valence-electron chi connectivity index (χ4n) is 2.82. The van der Waals surface area contributed by atoms with Gasteiger partial charge in [0.15, 0.2) is 0 Å². The minimum Gasteiger partial charge on any atom is -0.355 e. The molecular weight excluding hydrogens is 232 g/mol. The van der Waals surface area contributed by atoms with Crippen LogP contribution in [0.15, 0.2) is 0 Å². The van der Waals surface area contributed by atoms with Gasteiger partial charge in [-0.2, -0.15) is 11.8 Å². The van der Waals surface area contributed by atoms with Crippen LogP contribution in [0.25, 0.3) is 0 Å². The molecule has 0 aromatic rings. The molecule has 1 amide bonds. The summed E-state index contributed by atoms with van der Waals surface area (Å²) in [4.78, 5) is 12.0. The molecule has 2 aliphatic rings. The summed E-state index contributed by atoms with van der Waals surface area (Å²) in [5.41, 5.74) is 5.66. The first-order valence-electron chi connectivity index (χ1n) is 6.89. The summed E-state index contributed by atoms with van der Waals surface area (Å²) in [7, 11) is 0. The Balaban J connectivity index is 1.66. The Morgan fingerprint density at radius 2 is 2.00 bits per heavy atom. The first-order chi connectivity index (χ1) is 8.29. The van der Waals surface area contributed by atoms with E-state index in [1.807, 2.05) is 11.8 Å². The van der Waals surface area contributed by atoms with Crippen molar-refractivity contribution in [1.82, 2.24) is 5.32 Å². The van der Waals surface area contributed by atoms with Crippen molar-refractivity contribution >= 4 is 17.7 Å². The highest BCUT2D eigenvalue weighted by atomic mass is 32.2. The van der Waals surface area contributed by atoms with E-state index in [0.717, 1.165) is 38.8 Å². The summed E-state index contributed by atoms with van der Waals surface area (Å²) < 4.78 is 0. The van der Waals surface area contributed by atoms with Crippen LogP contribution in [0.5, 0.6) is 0 Å². The first-order valence-corrected chi connectivity index (χ1v) is 7.94. The summed E-state index contributed by atoms with van der Waals surface area (Å²) in [5, 5.41) is 3.80. The van der Waals surface area contributed by atoms with Crippen LogP contribution in [0.4, 0.5) is 0 Å². The summed E-state index contributed by atoms with van der Waals surface area (Å²) >= 11 is 2.00. The summed E-state index contributed by atoms with van der Waals surface area (Å²) in [6, 6.07) is 0. The second kappa shape index (κ2) is 6.64. The molecule has 1 atom stereocenters. The van der Waals surface area contributed by atoms with Crippen molar-refractivity contribution < 1.29 is 4.79 Å². The highest BCUT2D eigenvalue weighted by Crippen LogP contribution is 2.29. The summed E-state index contributed by atoms with van der Waals surface area (Å²) in [6.07, 6.45) is 6.91. The monoisotopic (exact) mass is 256 g/mol. The molecule has 0 radical (unpaired) electrons. The summed E-state index contributed by atoms with van der Waals surface area (Å²) in [5.74, 6) is 2.46. The smallest absolute Gasteiger partial charge is 0.223 e. The average Bonchev–Trinajstić information content (AvgIpc) is 2.89. The second-order valence-corrected chi connectivity index (χ2v) is 6.74. The SMILES string of the molecule is NCC1CCC(C(=O)NCC2CCCS2)CC1. The molecule has 2 rings (SSSR count). The molecule has 0 bridgehead atoms. The summed E-state index contributed by atoms with van der Waals surface area (Å²) in [6.45, 7) is 1.66. The zero-order chi connectivity index (χ0) is 12.1. The molecule has 1 saturated heterocycles. The van der Waals surface area contributed by atoms with Crippen LogP contribution in [0.2, 0.25) is 0 Å². The van der Waals surface area contributed by atoms with Gasteiger partial charge in [-0.15, -0.1) is 0 Å². The van der Waals surface area contributed by atoms with E-state index in [9.17, 15) is 4.79 Å². The molecule has 98 valence electrons. The van der Waals surface area contributed by atoms with Gasteiger partial charge in [0.2, 0.25) is 5.91 Å². The lowest BCUT2D eigenvalue weighted by Crippen LogP contribution is -2.37. The molecule has 4 heteroatoms. The quantitative estimate of drug-likeness (QED) is 0.806. The first kappa shape index (κ1) is 13.2. The van der Waals surface area contributed by atoms with Gasteiger partial charge in [-0.05, 0) is 56.7 Å². The predicted molar refractivity (Wildman–Crippen MR) is 73.0 cm³/mol. The zero-order valence-corrected chi connectivity index (χ0v) is 11.3. The maximum atomic E-state index is 12.0. The number of nitrogens with one attached hydrogen (secondary N) is 1. The molecule has 0 aromatic heterocycles. The average molecular weight is 256 g/mol. The molecule has 3 N–H and O–H groups in total. The standard InChI is InChI=1S/C13H24N2OS/c14-8-10-3-5-11(6-4-10)13(16)15-9-12-2-1-7-17-12/h10-12H,1-9,14H2,(H,15,16). The Kier molecular flexibility index (Phi) is 5.16. The molecule has 1 unspecified atom stereocenters. The van der Waals surface area contributed by atoms with Crippen LogP contribution < -0.4 is 11.1 Å². The highest BCUT2D eigenvalue weighted by molar-refractivity contribution is 8.00. The van der Waals surface area contributed by atoms with Gasteiger partial charge in [0.05, 0.1) is 0 Å². The van der Waals surface area contributed by atoms with Crippen LogP contribution in [0.3, 0.4) is 0 Å². The van der Waals surface area contributed by atoms with Crippen molar-refractivity contribution in [2.45, 2.75) is 43.8 Å². The van der Waals surface area contributed by atoms with Crippen molar-refractivity contribution in [2.75, 3.05) is 18.8 Å². The highest BCUT2D eigenvalue weighted by Gasteiger charge is 2.26. The van der Waals surface area contributed by atoms with E-state index in [0.29, 0.717) is 11.2 Å². The normalized spacial score (nSPS) is 33.6. The van der Waals surface area contributed by atoms with E-state index in [1.165, 1.54) is 18.6 Å². The molecule has 17 heavy (non-hydrogen) atoms. The number of hydrogen-bond acceptors (Lipinski definition) is 3. The van der Waals surface area contributed by atoms with Gasteiger partial charge in [-0.25, -0.2) is 0 Å². The van der Waals surface area contributed by atoms with Gasteiger partial charge >= 0.3 is 0 Å². The number of thioether (sulfide) groups is 1. The van der Waals surface area contributed by atoms with Gasteiger partial charge < -0.3 is 11.1 Å². The minimum absolute atomic E-state index is 0.254. The van der Waals surface area contributed by atoms with Gasteiger partial charge in [0.1, 0.15) is 0 Å². The van der Waals surface area contributed by atoms with E-state index in [4.69, 9.17) is 5.73 Å². The molecule has 0 aromatic carbocycles. The van der Waals surface area contributed by atoms with Gasteiger partial charge in [-0.3, -0.25) is 4.79 Å². The van der Waals surface area contributed by atoms with E-state index in [2.05, 4.69) is 5.32 Å². The van der Waals surface area contributed by atoms with Crippen LogP contribution in [0.1, 0.15) is 38.5 Å². The van der Waals surface area contributed by atoms with E-state index in [-0.39, 0.29) is 11.8 Å². The Morgan fingerprint density at radius 3 is 2.59 bits per heavy atom. The fraction of sp³-hybridized carbons (Fsp3) is 0.923. The molecular formula is C13H24N2OS. The van der Waals surface area contributed by atoms with Crippen molar-refractivity contribution in [3.05, 3.63) is 0 Å². The van der Waals surface area contributed by atoms with Gasteiger partial charge in [-0.1, -0.05) is 0 Å². The fourth-order valence-corrected chi connectivity index (χ4v) is 4.03. The topological polar surface area (TPSA) is 55.1 Å². The Morgan fingerprint density at radius 1 is 1.24 bits per heavy atom. The molecule has 1 saturated carbocycles. The van der Waals surface area contributed by atoms with E-state index in [1.54, 1.807) is 0 Å². The molecule has 2 fully saturated rings. The van der Waals surface area contributed by atoms with E-state index < -0.39 is 0 Å². The third-order valence-corrected chi connectivity index (χ3v) is 5.48. The molecule has 1 heterocycles. The van der Waals surface area contributed by atoms with Gasteiger partial charge in [0, 0.05) is 17.7 Å². The third-order valence-electron chi connectivity index (χ3n) is 4.08. The van der Waals surface area contributed by atoms with Crippen molar-refractivity contribution in [3.63, 3.8) is 0 Å². The Hall–Kier alpha value is -0.220. The lowest BCUT2D eigenvalue weighted by atomic mass is 9.81. The molecule has 1 aliphatic heterocycles. The zero-order valence-electron chi connectivity index (χ0n) is 10.5. The number of rotatable bonds is 4. The van der Waals surface area contributed by atoms with Crippen molar-refractivity contribution in [1.29, 1.82) is 0 Å².